The van der Waals surface area contributed by atoms with Crippen LogP contribution in [-0.4, -0.2) is 58.7 Å². The molecule has 1 fully saturated rings. The summed E-state index contributed by atoms with van der Waals surface area (Å²) in [5, 5.41) is 9.03. The van der Waals surface area contributed by atoms with E-state index in [0.29, 0.717) is 38.3 Å². The number of nitrogens with zero attached hydrogens (tertiary/aromatic N) is 2. The molecule has 0 bridgehead atoms. The summed E-state index contributed by atoms with van der Waals surface area (Å²) in [5.41, 5.74) is 0.153. The average molecular weight is 310 g/mol. The summed E-state index contributed by atoms with van der Waals surface area (Å²) in [6.07, 6.45) is 1.08. The van der Waals surface area contributed by atoms with Gasteiger partial charge < -0.3 is 19.2 Å². The largest absolute Gasteiger partial charge is 0.475 e. The minimum atomic E-state index is -1.06. The van der Waals surface area contributed by atoms with E-state index in [1.54, 1.807) is 11.0 Å². The van der Waals surface area contributed by atoms with Crippen LogP contribution in [0.15, 0.2) is 16.7 Å². The Morgan fingerprint density at radius 3 is 2.45 bits per heavy atom. The van der Waals surface area contributed by atoms with E-state index >= 15 is 0 Å². The number of carbonyl (C=O) groups excluding carboxylic acids is 1. The molecule has 0 unspecified atom stereocenters. The van der Waals surface area contributed by atoms with Crippen LogP contribution in [0.2, 0.25) is 0 Å². The number of rotatable bonds is 3. The number of aromatic carboxylic acids is 1. The summed E-state index contributed by atoms with van der Waals surface area (Å²) in [7, 11) is 0. The minimum absolute atomic E-state index is 0.0189. The molecule has 2 heterocycles. The fourth-order valence-corrected chi connectivity index (χ4v) is 2.30. The number of ether oxygens (including phenoxy) is 1. The van der Waals surface area contributed by atoms with Crippen molar-refractivity contribution < 1.29 is 23.8 Å². The van der Waals surface area contributed by atoms with Gasteiger partial charge in [-0.25, -0.2) is 9.59 Å². The van der Waals surface area contributed by atoms with E-state index in [1.807, 2.05) is 20.8 Å². The van der Waals surface area contributed by atoms with Gasteiger partial charge >= 0.3 is 12.1 Å². The number of hydrogen-bond donors (Lipinski definition) is 1. The summed E-state index contributed by atoms with van der Waals surface area (Å²) >= 11 is 0. The van der Waals surface area contributed by atoms with Gasteiger partial charge in [-0.3, -0.25) is 4.90 Å². The van der Waals surface area contributed by atoms with Crippen molar-refractivity contribution in [1.82, 2.24) is 9.80 Å². The van der Waals surface area contributed by atoms with Crippen molar-refractivity contribution in [3.05, 3.63) is 23.7 Å². The molecule has 0 spiro atoms. The highest BCUT2D eigenvalue weighted by Crippen LogP contribution is 2.16. The molecule has 7 nitrogen and oxygen atoms in total. The van der Waals surface area contributed by atoms with Crippen LogP contribution >= 0.6 is 0 Å². The van der Waals surface area contributed by atoms with Gasteiger partial charge in [0.1, 0.15) is 5.60 Å². The van der Waals surface area contributed by atoms with E-state index in [9.17, 15) is 9.59 Å². The van der Waals surface area contributed by atoms with E-state index in [2.05, 4.69) is 4.90 Å². The predicted octanol–water partition coefficient (Wildman–Crippen LogP) is 2.03. The maximum atomic E-state index is 12.0. The van der Waals surface area contributed by atoms with E-state index in [1.165, 1.54) is 6.26 Å². The van der Waals surface area contributed by atoms with Crippen LogP contribution in [0.25, 0.3) is 0 Å². The molecule has 0 aromatic carbocycles. The molecule has 122 valence electrons. The molecule has 2 rings (SSSR count). The van der Waals surface area contributed by atoms with Gasteiger partial charge in [0.25, 0.3) is 0 Å². The van der Waals surface area contributed by atoms with Crippen molar-refractivity contribution in [2.24, 2.45) is 0 Å². The highest BCUT2D eigenvalue weighted by molar-refractivity contribution is 5.86. The zero-order chi connectivity index (χ0) is 16.3. The Morgan fingerprint density at radius 1 is 1.27 bits per heavy atom. The number of amides is 1. The van der Waals surface area contributed by atoms with Gasteiger partial charge in [0.2, 0.25) is 5.76 Å². The fraction of sp³-hybridized carbons (Fsp3) is 0.600. The Balaban J connectivity index is 1.86. The van der Waals surface area contributed by atoms with Crippen molar-refractivity contribution in [1.29, 1.82) is 0 Å². The molecule has 1 aliphatic heterocycles. The maximum Gasteiger partial charge on any atom is 0.410 e. The second-order valence-corrected chi connectivity index (χ2v) is 6.32. The molecule has 1 saturated heterocycles. The molecule has 0 saturated carbocycles. The van der Waals surface area contributed by atoms with Gasteiger partial charge in [0.15, 0.2) is 0 Å². The lowest BCUT2D eigenvalue weighted by Crippen LogP contribution is -2.49. The van der Waals surface area contributed by atoms with E-state index in [4.69, 9.17) is 14.3 Å². The third-order valence-corrected chi connectivity index (χ3v) is 3.36. The number of carbonyl (C=O) groups is 2. The van der Waals surface area contributed by atoms with Gasteiger partial charge in [0, 0.05) is 38.3 Å². The standard InChI is InChI=1S/C15H22N2O5/c1-15(2,3)22-14(20)17-7-5-16(6-8-17)10-11-4-9-21-12(11)13(18)19/h4,9H,5-8,10H2,1-3H3,(H,18,19). The first-order valence-corrected chi connectivity index (χ1v) is 7.26. The minimum Gasteiger partial charge on any atom is -0.475 e. The highest BCUT2D eigenvalue weighted by atomic mass is 16.6. The monoisotopic (exact) mass is 310 g/mol. The smallest absolute Gasteiger partial charge is 0.410 e. The van der Waals surface area contributed by atoms with Crippen molar-refractivity contribution >= 4 is 12.1 Å². The van der Waals surface area contributed by atoms with Crippen molar-refractivity contribution in [2.75, 3.05) is 26.2 Å². The van der Waals surface area contributed by atoms with Crippen molar-refractivity contribution in [2.45, 2.75) is 32.9 Å². The van der Waals surface area contributed by atoms with Crippen molar-refractivity contribution in [3.63, 3.8) is 0 Å². The summed E-state index contributed by atoms with van der Waals surface area (Å²) in [5.74, 6) is -1.08. The Morgan fingerprint density at radius 2 is 1.91 bits per heavy atom. The van der Waals surface area contributed by atoms with Crippen LogP contribution in [0.5, 0.6) is 0 Å². The third-order valence-electron chi connectivity index (χ3n) is 3.36. The third kappa shape index (κ3) is 4.24. The Kier molecular flexibility index (Phi) is 4.75. The van der Waals surface area contributed by atoms with Gasteiger partial charge in [-0.2, -0.15) is 0 Å². The Bertz CT molecular complexity index is 538. The fourth-order valence-electron chi connectivity index (χ4n) is 2.30. The number of piperazine rings is 1. The number of carboxylic acid groups (broad SMARTS) is 1. The quantitative estimate of drug-likeness (QED) is 0.919. The lowest BCUT2D eigenvalue weighted by molar-refractivity contribution is 0.0139. The predicted molar refractivity (Wildman–Crippen MR) is 78.8 cm³/mol. The number of carboxylic acids is 1. The molecule has 22 heavy (non-hydrogen) atoms. The molecule has 1 amide bonds. The summed E-state index contributed by atoms with van der Waals surface area (Å²) in [6, 6.07) is 1.67. The molecule has 0 aliphatic carbocycles. The molecular formula is C15H22N2O5. The molecule has 1 aromatic rings. The molecule has 0 radical (unpaired) electrons. The normalized spacial score (nSPS) is 16.6. The van der Waals surface area contributed by atoms with Crippen LogP contribution < -0.4 is 0 Å². The van der Waals surface area contributed by atoms with E-state index in [0.717, 1.165) is 0 Å². The van der Waals surface area contributed by atoms with E-state index < -0.39 is 11.6 Å². The second-order valence-electron chi connectivity index (χ2n) is 6.32. The van der Waals surface area contributed by atoms with Crippen LogP contribution in [0.1, 0.15) is 36.9 Å². The zero-order valence-electron chi connectivity index (χ0n) is 13.2. The average Bonchev–Trinajstić information content (AvgIpc) is 2.86. The van der Waals surface area contributed by atoms with Gasteiger partial charge in [0.05, 0.1) is 6.26 Å². The summed E-state index contributed by atoms with van der Waals surface area (Å²) in [6.45, 7) is 8.49. The first kappa shape index (κ1) is 16.4. The molecule has 7 heteroatoms. The molecule has 1 N–H and O–H groups in total. The molecule has 1 aliphatic rings. The SMILES string of the molecule is CC(C)(C)OC(=O)N1CCN(Cc2ccoc2C(=O)O)CC1. The lowest BCUT2D eigenvalue weighted by Gasteiger charge is -2.35. The first-order valence-electron chi connectivity index (χ1n) is 7.26. The molecule has 1 aromatic heterocycles. The summed E-state index contributed by atoms with van der Waals surface area (Å²) in [4.78, 5) is 26.8. The van der Waals surface area contributed by atoms with Crippen molar-refractivity contribution in [3.8, 4) is 0 Å². The van der Waals surface area contributed by atoms with Crippen LogP contribution in [-0.2, 0) is 11.3 Å². The molecule has 0 atom stereocenters. The first-order chi connectivity index (χ1) is 10.3. The number of hydrogen-bond acceptors (Lipinski definition) is 5. The number of furan rings is 1. The lowest BCUT2D eigenvalue weighted by atomic mass is 10.2. The zero-order valence-corrected chi connectivity index (χ0v) is 13.2. The Labute approximate surface area is 129 Å². The highest BCUT2D eigenvalue weighted by Gasteiger charge is 2.26. The van der Waals surface area contributed by atoms with Crippen LogP contribution in [0.4, 0.5) is 4.79 Å². The van der Waals surface area contributed by atoms with Crippen LogP contribution in [0, 0.1) is 0 Å². The van der Waals surface area contributed by atoms with E-state index in [-0.39, 0.29) is 11.9 Å². The Hall–Kier alpha value is -2.02. The topological polar surface area (TPSA) is 83.2 Å². The van der Waals surface area contributed by atoms with Gasteiger partial charge in [-0.15, -0.1) is 0 Å². The van der Waals surface area contributed by atoms with Crippen LogP contribution in [0.3, 0.4) is 0 Å². The second kappa shape index (κ2) is 6.39. The summed E-state index contributed by atoms with van der Waals surface area (Å²) < 4.78 is 10.3. The maximum absolute atomic E-state index is 12.0. The van der Waals surface area contributed by atoms with Gasteiger partial charge in [-0.05, 0) is 26.8 Å². The molecular weight excluding hydrogens is 288 g/mol. The van der Waals surface area contributed by atoms with Gasteiger partial charge in [-0.1, -0.05) is 0 Å².